The topological polar surface area (TPSA) is 66.9 Å². The first kappa shape index (κ1) is 15.0. The highest BCUT2D eigenvalue weighted by Crippen LogP contribution is 2.40. The molecule has 1 saturated heterocycles. The van der Waals surface area contributed by atoms with E-state index in [0.717, 1.165) is 19.0 Å². The summed E-state index contributed by atoms with van der Waals surface area (Å²) in [7, 11) is 0. The van der Waals surface area contributed by atoms with Crippen LogP contribution in [0.15, 0.2) is 12.4 Å². The van der Waals surface area contributed by atoms with Gasteiger partial charge in [0.2, 0.25) is 5.91 Å². The highest BCUT2D eigenvalue weighted by molar-refractivity contribution is 5.94. The van der Waals surface area contributed by atoms with Crippen LogP contribution in [0.2, 0.25) is 0 Å². The molecule has 0 unspecified atom stereocenters. The monoisotopic (exact) mass is 308 g/mol. The van der Waals surface area contributed by atoms with Crippen LogP contribution in [0.5, 0.6) is 0 Å². The van der Waals surface area contributed by atoms with Crippen molar-refractivity contribution in [3.8, 4) is 0 Å². The lowest BCUT2D eigenvalue weighted by Crippen LogP contribution is -2.38. The maximum atomic E-state index is 12.4. The molecule has 3 rings (SSSR count). The van der Waals surface area contributed by atoms with Crippen LogP contribution < -0.4 is 10.6 Å². The Balaban J connectivity index is 0.00000147. The Morgan fingerprint density at radius 3 is 2.70 bits per heavy atom. The van der Waals surface area contributed by atoms with Gasteiger partial charge in [0.25, 0.3) is 0 Å². The number of fused-ring (bicyclic) bond motifs is 1. The van der Waals surface area contributed by atoms with Gasteiger partial charge in [0.15, 0.2) is 11.5 Å². The molecule has 5 nitrogen and oxygen atoms in total. The highest BCUT2D eigenvalue weighted by Gasteiger charge is 2.47. The molecule has 1 aromatic heterocycles. The van der Waals surface area contributed by atoms with E-state index in [1.807, 2.05) is 0 Å². The lowest BCUT2D eigenvalue weighted by Gasteiger charge is -2.13. The molecule has 0 aromatic carbocycles. The van der Waals surface area contributed by atoms with E-state index in [0.29, 0.717) is 18.2 Å². The van der Waals surface area contributed by atoms with Crippen molar-refractivity contribution >= 4 is 24.1 Å². The fourth-order valence-electron chi connectivity index (χ4n) is 2.30. The second-order valence-electron chi connectivity index (χ2n) is 4.83. The third-order valence-corrected chi connectivity index (χ3v) is 3.37. The molecule has 1 saturated carbocycles. The average Bonchev–Trinajstić information content (AvgIpc) is 2.95. The van der Waals surface area contributed by atoms with E-state index < -0.39 is 11.9 Å². The number of nitrogens with zero attached hydrogens (tertiary/aromatic N) is 2. The van der Waals surface area contributed by atoms with Crippen LogP contribution in [0.3, 0.4) is 0 Å². The number of nitrogens with one attached hydrogen (secondary N) is 2. The fraction of sp³-hybridized carbons (Fsp3) is 0.545. The van der Waals surface area contributed by atoms with Crippen molar-refractivity contribution in [1.82, 2.24) is 15.3 Å². The van der Waals surface area contributed by atoms with Gasteiger partial charge >= 0.3 is 6.18 Å². The molecule has 1 aliphatic carbocycles. The Morgan fingerprint density at radius 2 is 2.10 bits per heavy atom. The predicted molar refractivity (Wildman–Crippen MR) is 66.3 cm³/mol. The Hall–Kier alpha value is -1.41. The van der Waals surface area contributed by atoms with Crippen molar-refractivity contribution in [1.29, 1.82) is 0 Å². The maximum Gasteiger partial charge on any atom is 0.434 e. The van der Waals surface area contributed by atoms with E-state index in [1.165, 1.54) is 0 Å². The quantitative estimate of drug-likeness (QED) is 0.871. The van der Waals surface area contributed by atoms with Crippen molar-refractivity contribution in [3.63, 3.8) is 0 Å². The first-order chi connectivity index (χ1) is 8.93. The van der Waals surface area contributed by atoms with E-state index in [9.17, 15) is 18.0 Å². The number of rotatable bonds is 2. The van der Waals surface area contributed by atoms with Gasteiger partial charge in [-0.25, -0.2) is 4.98 Å². The summed E-state index contributed by atoms with van der Waals surface area (Å²) in [5, 5.41) is 5.47. The third kappa shape index (κ3) is 3.01. The SMILES string of the molecule is Cl.O=C(Nc1cncc(C(F)(F)F)n1)[C@@H]1C[C@H]2C[C@H]2N1. The summed E-state index contributed by atoms with van der Waals surface area (Å²) >= 11 is 0. The van der Waals surface area contributed by atoms with Crippen molar-refractivity contribution in [2.75, 3.05) is 5.32 Å². The van der Waals surface area contributed by atoms with Crippen LogP contribution in [0.4, 0.5) is 19.0 Å². The molecular weight excluding hydrogens is 297 g/mol. The molecule has 3 atom stereocenters. The van der Waals surface area contributed by atoms with Gasteiger partial charge in [-0.05, 0) is 18.8 Å². The van der Waals surface area contributed by atoms with Gasteiger partial charge in [-0.1, -0.05) is 0 Å². The number of halogens is 4. The van der Waals surface area contributed by atoms with Crippen LogP contribution in [0.25, 0.3) is 0 Å². The smallest absolute Gasteiger partial charge is 0.308 e. The van der Waals surface area contributed by atoms with Crippen molar-refractivity contribution in [3.05, 3.63) is 18.1 Å². The summed E-state index contributed by atoms with van der Waals surface area (Å²) in [6.07, 6.45) is -1.04. The van der Waals surface area contributed by atoms with Crippen molar-refractivity contribution in [2.45, 2.75) is 31.1 Å². The zero-order chi connectivity index (χ0) is 13.6. The first-order valence-electron chi connectivity index (χ1n) is 5.89. The van der Waals surface area contributed by atoms with Gasteiger partial charge in [-0.15, -0.1) is 12.4 Å². The van der Waals surface area contributed by atoms with E-state index in [-0.39, 0.29) is 30.2 Å². The van der Waals surface area contributed by atoms with E-state index >= 15 is 0 Å². The molecule has 2 aliphatic rings. The minimum atomic E-state index is -4.57. The second-order valence-corrected chi connectivity index (χ2v) is 4.83. The minimum absolute atomic E-state index is 0. The molecule has 20 heavy (non-hydrogen) atoms. The van der Waals surface area contributed by atoms with E-state index in [2.05, 4.69) is 20.6 Å². The molecule has 2 heterocycles. The van der Waals surface area contributed by atoms with Gasteiger partial charge in [-0.2, -0.15) is 13.2 Å². The predicted octanol–water partition coefficient (Wildman–Crippen LogP) is 1.61. The van der Waals surface area contributed by atoms with Crippen LogP contribution in [0.1, 0.15) is 18.5 Å². The number of hydrogen-bond donors (Lipinski definition) is 2. The van der Waals surface area contributed by atoms with E-state index in [1.54, 1.807) is 0 Å². The molecule has 1 aliphatic heterocycles. The Bertz CT molecular complexity index is 515. The normalized spacial score (nSPS) is 27.4. The Labute approximate surface area is 118 Å². The van der Waals surface area contributed by atoms with Crippen LogP contribution in [0, 0.1) is 5.92 Å². The van der Waals surface area contributed by atoms with Crippen LogP contribution >= 0.6 is 12.4 Å². The first-order valence-corrected chi connectivity index (χ1v) is 5.89. The number of piperidine rings is 1. The van der Waals surface area contributed by atoms with Gasteiger partial charge < -0.3 is 10.6 Å². The minimum Gasteiger partial charge on any atom is -0.308 e. The number of amides is 1. The molecule has 2 N–H and O–H groups in total. The number of aromatic nitrogens is 2. The van der Waals surface area contributed by atoms with Gasteiger partial charge in [0, 0.05) is 6.04 Å². The molecule has 110 valence electrons. The summed E-state index contributed by atoms with van der Waals surface area (Å²) in [5.74, 6) is -0.00799. The van der Waals surface area contributed by atoms with Crippen molar-refractivity contribution < 1.29 is 18.0 Å². The lowest BCUT2D eigenvalue weighted by atomic mass is 10.2. The number of anilines is 1. The van der Waals surface area contributed by atoms with Gasteiger partial charge in [-0.3, -0.25) is 9.78 Å². The Morgan fingerprint density at radius 1 is 1.35 bits per heavy atom. The molecule has 0 radical (unpaired) electrons. The van der Waals surface area contributed by atoms with Crippen molar-refractivity contribution in [2.24, 2.45) is 5.92 Å². The highest BCUT2D eigenvalue weighted by atomic mass is 35.5. The molecule has 9 heteroatoms. The van der Waals surface area contributed by atoms with Crippen LogP contribution in [-0.4, -0.2) is 28.0 Å². The average molecular weight is 309 g/mol. The largest absolute Gasteiger partial charge is 0.434 e. The molecule has 0 bridgehead atoms. The standard InChI is InChI=1S/C11H11F3N4O.ClH/c12-11(13,14)8-3-15-4-9(17-8)18-10(19)7-2-5-1-6(5)16-7;/h3-7,16H,1-2H2,(H,17,18,19);1H/t5-,6-,7+;/m1./s1. The zero-order valence-electron chi connectivity index (χ0n) is 10.1. The Kier molecular flexibility index (Phi) is 3.88. The van der Waals surface area contributed by atoms with Crippen LogP contribution in [-0.2, 0) is 11.0 Å². The summed E-state index contributed by atoms with van der Waals surface area (Å²) in [5.41, 5.74) is -1.12. The lowest BCUT2D eigenvalue weighted by molar-refractivity contribution is -0.141. The molecule has 0 spiro atoms. The van der Waals surface area contributed by atoms with Gasteiger partial charge in [0.05, 0.1) is 18.4 Å². The maximum absolute atomic E-state index is 12.4. The molecular formula is C11H12ClF3N4O. The van der Waals surface area contributed by atoms with E-state index in [4.69, 9.17) is 0 Å². The summed E-state index contributed by atoms with van der Waals surface area (Å²) in [4.78, 5) is 18.6. The molecule has 2 fully saturated rings. The fourth-order valence-corrected chi connectivity index (χ4v) is 2.30. The number of hydrogen-bond acceptors (Lipinski definition) is 4. The summed E-state index contributed by atoms with van der Waals surface area (Å²) < 4.78 is 37.3. The summed E-state index contributed by atoms with van der Waals surface area (Å²) in [6.45, 7) is 0. The second kappa shape index (κ2) is 5.17. The molecule has 1 amide bonds. The number of alkyl halides is 3. The van der Waals surface area contributed by atoms with Gasteiger partial charge in [0.1, 0.15) is 0 Å². The molecule has 1 aromatic rings. The summed E-state index contributed by atoms with van der Waals surface area (Å²) in [6, 6.07) is 0.0448. The zero-order valence-corrected chi connectivity index (χ0v) is 11.0. The number of carbonyl (C=O) groups is 1. The third-order valence-electron chi connectivity index (χ3n) is 3.37. The number of carbonyl (C=O) groups excluding carboxylic acids is 1.